The van der Waals surface area contributed by atoms with E-state index in [0.717, 1.165) is 32.7 Å². The number of aromatic amines is 1. The van der Waals surface area contributed by atoms with E-state index >= 15 is 0 Å². The Kier molecular flexibility index (Phi) is 3.60. The molecule has 3 rings (SSSR count). The van der Waals surface area contributed by atoms with E-state index in [2.05, 4.69) is 34.3 Å². The third-order valence-corrected chi connectivity index (χ3v) is 3.87. The molecule has 1 aliphatic heterocycles. The van der Waals surface area contributed by atoms with Crippen molar-refractivity contribution in [2.24, 2.45) is 0 Å². The summed E-state index contributed by atoms with van der Waals surface area (Å²) in [6.45, 7) is 4.15. The number of benzene rings is 1. The number of hydrogen-bond donors (Lipinski definition) is 1. The van der Waals surface area contributed by atoms with Crippen LogP contribution >= 0.6 is 0 Å². The van der Waals surface area contributed by atoms with E-state index in [1.807, 2.05) is 6.07 Å². The van der Waals surface area contributed by atoms with E-state index in [-0.39, 0.29) is 6.09 Å². The van der Waals surface area contributed by atoms with Crippen LogP contribution < -0.4 is 0 Å². The molecule has 1 aliphatic rings. The van der Waals surface area contributed by atoms with Crippen molar-refractivity contribution in [3.8, 4) is 0 Å². The lowest BCUT2D eigenvalue weighted by Crippen LogP contribution is -2.48. The monoisotopic (exact) mass is 273 g/mol. The molecule has 2 heterocycles. The van der Waals surface area contributed by atoms with Crippen molar-refractivity contribution in [2.45, 2.75) is 6.54 Å². The first kappa shape index (κ1) is 13.0. The van der Waals surface area contributed by atoms with Gasteiger partial charge in [-0.05, 0) is 11.6 Å². The number of piperazine rings is 1. The molecular weight excluding hydrogens is 254 g/mol. The Labute approximate surface area is 118 Å². The van der Waals surface area contributed by atoms with Crippen LogP contribution in [0, 0.1) is 0 Å². The minimum Gasteiger partial charge on any atom is -0.453 e. The summed E-state index contributed by atoms with van der Waals surface area (Å²) in [6.07, 6.45) is 1.86. The Morgan fingerprint density at radius 1 is 1.25 bits per heavy atom. The number of amides is 1. The lowest BCUT2D eigenvalue weighted by atomic mass is 10.1. The molecule has 0 spiro atoms. The molecule has 0 saturated carbocycles. The van der Waals surface area contributed by atoms with Crippen LogP contribution in [0.1, 0.15) is 5.56 Å². The molecule has 1 aromatic carbocycles. The van der Waals surface area contributed by atoms with E-state index in [1.165, 1.54) is 23.6 Å². The van der Waals surface area contributed by atoms with Crippen LogP contribution in [0.25, 0.3) is 10.9 Å². The second-order valence-electron chi connectivity index (χ2n) is 5.09. The van der Waals surface area contributed by atoms with Crippen molar-refractivity contribution in [1.82, 2.24) is 14.8 Å². The zero-order valence-electron chi connectivity index (χ0n) is 11.6. The number of carbonyl (C=O) groups excluding carboxylic acids is 1. The third-order valence-electron chi connectivity index (χ3n) is 3.87. The molecule has 1 fully saturated rings. The molecule has 2 aromatic rings. The molecule has 0 radical (unpaired) electrons. The summed E-state index contributed by atoms with van der Waals surface area (Å²) < 4.78 is 4.75. The number of nitrogens with one attached hydrogen (secondary N) is 1. The lowest BCUT2D eigenvalue weighted by molar-refractivity contribution is 0.0890. The van der Waals surface area contributed by atoms with Gasteiger partial charge in [0.25, 0.3) is 0 Å². The highest BCUT2D eigenvalue weighted by Gasteiger charge is 2.21. The number of nitrogens with zero attached hydrogens (tertiary/aromatic N) is 2. The standard InChI is InChI=1S/C15H19N3O2/c1-20-15(19)18-8-6-17(7-9-18)11-12-10-16-14-5-3-2-4-13(12)14/h2-5,10,16H,6-9,11H2,1H3. The molecule has 20 heavy (non-hydrogen) atoms. The minimum atomic E-state index is -0.225. The van der Waals surface area contributed by atoms with Gasteiger partial charge >= 0.3 is 6.09 Å². The van der Waals surface area contributed by atoms with Crippen molar-refractivity contribution in [1.29, 1.82) is 0 Å². The molecule has 0 unspecified atom stereocenters. The molecule has 0 aliphatic carbocycles. The fourth-order valence-electron chi connectivity index (χ4n) is 2.72. The third kappa shape index (κ3) is 2.49. The Morgan fingerprint density at radius 3 is 2.75 bits per heavy atom. The molecule has 1 aromatic heterocycles. The van der Waals surface area contributed by atoms with E-state index < -0.39 is 0 Å². The second-order valence-corrected chi connectivity index (χ2v) is 5.09. The normalized spacial score (nSPS) is 16.6. The molecule has 5 heteroatoms. The van der Waals surface area contributed by atoms with Crippen LogP contribution in [0.2, 0.25) is 0 Å². The van der Waals surface area contributed by atoms with Crippen LogP contribution in [0.4, 0.5) is 4.79 Å². The van der Waals surface area contributed by atoms with E-state index in [0.29, 0.717) is 0 Å². The largest absolute Gasteiger partial charge is 0.453 e. The van der Waals surface area contributed by atoms with Gasteiger partial charge in [0.1, 0.15) is 0 Å². The van der Waals surface area contributed by atoms with Crippen LogP contribution in [-0.4, -0.2) is 54.2 Å². The summed E-state index contributed by atoms with van der Waals surface area (Å²) in [5, 5.41) is 1.28. The molecule has 1 N–H and O–H groups in total. The summed E-state index contributed by atoms with van der Waals surface area (Å²) in [6, 6.07) is 8.34. The van der Waals surface area contributed by atoms with Gasteiger partial charge in [-0.15, -0.1) is 0 Å². The van der Waals surface area contributed by atoms with Crippen LogP contribution in [0.3, 0.4) is 0 Å². The highest BCUT2D eigenvalue weighted by molar-refractivity contribution is 5.82. The molecule has 106 valence electrons. The second kappa shape index (κ2) is 5.54. The number of rotatable bonds is 2. The quantitative estimate of drug-likeness (QED) is 0.911. The number of aromatic nitrogens is 1. The maximum Gasteiger partial charge on any atom is 0.409 e. The first-order chi connectivity index (χ1) is 9.78. The number of fused-ring (bicyclic) bond motifs is 1. The number of ether oxygens (including phenoxy) is 1. The summed E-state index contributed by atoms with van der Waals surface area (Å²) in [4.78, 5) is 18.9. The molecular formula is C15H19N3O2. The molecule has 1 saturated heterocycles. The Morgan fingerprint density at radius 2 is 2.00 bits per heavy atom. The topological polar surface area (TPSA) is 48.6 Å². The summed E-state index contributed by atoms with van der Waals surface area (Å²) >= 11 is 0. The summed E-state index contributed by atoms with van der Waals surface area (Å²) in [5.74, 6) is 0. The van der Waals surface area contributed by atoms with Crippen molar-refractivity contribution in [2.75, 3.05) is 33.3 Å². The number of para-hydroxylation sites is 1. The zero-order valence-corrected chi connectivity index (χ0v) is 11.6. The fourth-order valence-corrected chi connectivity index (χ4v) is 2.72. The highest BCUT2D eigenvalue weighted by Crippen LogP contribution is 2.19. The molecule has 5 nitrogen and oxygen atoms in total. The number of carbonyl (C=O) groups is 1. The van der Waals surface area contributed by atoms with Gasteiger partial charge in [0.2, 0.25) is 0 Å². The van der Waals surface area contributed by atoms with E-state index in [9.17, 15) is 4.79 Å². The molecule has 1 amide bonds. The van der Waals surface area contributed by atoms with Crippen molar-refractivity contribution in [3.63, 3.8) is 0 Å². The fraction of sp³-hybridized carbons (Fsp3) is 0.400. The Balaban J connectivity index is 1.64. The Hall–Kier alpha value is -2.01. The van der Waals surface area contributed by atoms with Crippen molar-refractivity contribution in [3.05, 3.63) is 36.0 Å². The van der Waals surface area contributed by atoms with Gasteiger partial charge in [-0.25, -0.2) is 4.79 Å². The number of H-pyrrole nitrogens is 1. The summed E-state index contributed by atoms with van der Waals surface area (Å²) in [5.41, 5.74) is 2.49. The maximum atomic E-state index is 11.4. The van der Waals surface area contributed by atoms with E-state index in [1.54, 1.807) is 4.90 Å². The van der Waals surface area contributed by atoms with Gasteiger partial charge in [-0.1, -0.05) is 18.2 Å². The maximum absolute atomic E-state index is 11.4. The average molecular weight is 273 g/mol. The Bertz CT molecular complexity index is 600. The smallest absolute Gasteiger partial charge is 0.409 e. The van der Waals surface area contributed by atoms with Gasteiger partial charge in [-0.2, -0.15) is 0 Å². The van der Waals surface area contributed by atoms with Crippen molar-refractivity contribution < 1.29 is 9.53 Å². The van der Waals surface area contributed by atoms with Crippen LogP contribution in [-0.2, 0) is 11.3 Å². The van der Waals surface area contributed by atoms with Crippen molar-refractivity contribution >= 4 is 17.0 Å². The van der Waals surface area contributed by atoms with Gasteiger partial charge < -0.3 is 14.6 Å². The predicted octanol–water partition coefficient (Wildman–Crippen LogP) is 2.05. The number of hydrogen-bond acceptors (Lipinski definition) is 3. The zero-order chi connectivity index (χ0) is 13.9. The van der Waals surface area contributed by atoms with Crippen LogP contribution in [0.5, 0.6) is 0 Å². The van der Waals surface area contributed by atoms with Gasteiger partial charge in [0.15, 0.2) is 0 Å². The van der Waals surface area contributed by atoms with Gasteiger partial charge in [-0.3, -0.25) is 4.90 Å². The van der Waals surface area contributed by atoms with E-state index in [4.69, 9.17) is 4.74 Å². The predicted molar refractivity (Wildman–Crippen MR) is 77.6 cm³/mol. The highest BCUT2D eigenvalue weighted by atomic mass is 16.5. The SMILES string of the molecule is COC(=O)N1CCN(Cc2c[nH]c3ccccc23)CC1. The first-order valence-electron chi connectivity index (χ1n) is 6.88. The lowest BCUT2D eigenvalue weighted by Gasteiger charge is -2.33. The summed E-state index contributed by atoms with van der Waals surface area (Å²) in [7, 11) is 1.43. The van der Waals surface area contributed by atoms with Gasteiger partial charge in [0.05, 0.1) is 7.11 Å². The van der Waals surface area contributed by atoms with Gasteiger partial charge in [0, 0.05) is 49.8 Å². The minimum absolute atomic E-state index is 0.225. The van der Waals surface area contributed by atoms with Crippen LogP contribution in [0.15, 0.2) is 30.5 Å². The molecule has 0 bridgehead atoms. The first-order valence-corrected chi connectivity index (χ1v) is 6.88. The number of methoxy groups -OCH3 is 1. The average Bonchev–Trinajstić information content (AvgIpc) is 2.91. The molecule has 0 atom stereocenters.